The molecule has 1 N–H and O–H groups in total. The van der Waals surface area contributed by atoms with Crippen LogP contribution in [-0.4, -0.2) is 12.0 Å². The summed E-state index contributed by atoms with van der Waals surface area (Å²) < 4.78 is 5.87. The lowest BCUT2D eigenvalue weighted by atomic mass is 10.1. The number of carbonyl (C=O) groups is 1. The van der Waals surface area contributed by atoms with Crippen molar-refractivity contribution in [1.82, 2.24) is 0 Å². The van der Waals surface area contributed by atoms with Gasteiger partial charge in [-0.25, -0.2) is 0 Å². The van der Waals surface area contributed by atoms with Gasteiger partial charge in [0.05, 0.1) is 0 Å². The van der Waals surface area contributed by atoms with E-state index in [1.165, 1.54) is 5.56 Å². The summed E-state index contributed by atoms with van der Waals surface area (Å²) >= 11 is 0. The number of para-hydroxylation sites is 1. The highest BCUT2D eigenvalue weighted by molar-refractivity contribution is 5.94. The van der Waals surface area contributed by atoms with E-state index < -0.39 is 6.10 Å². The van der Waals surface area contributed by atoms with E-state index in [0.717, 1.165) is 28.1 Å². The summed E-state index contributed by atoms with van der Waals surface area (Å²) in [6.45, 7) is 9.82. The molecule has 3 nitrogen and oxygen atoms in total. The summed E-state index contributed by atoms with van der Waals surface area (Å²) in [6.07, 6.45) is -0.556. The smallest absolute Gasteiger partial charge is 0.265 e. The van der Waals surface area contributed by atoms with Crippen molar-refractivity contribution in [3.63, 3.8) is 0 Å². The van der Waals surface area contributed by atoms with Gasteiger partial charge in [-0.05, 0) is 69.0 Å². The van der Waals surface area contributed by atoms with Crippen LogP contribution in [0.15, 0.2) is 36.4 Å². The molecule has 0 heterocycles. The van der Waals surface area contributed by atoms with Crippen molar-refractivity contribution >= 4 is 11.6 Å². The summed E-state index contributed by atoms with van der Waals surface area (Å²) in [6, 6.07) is 11.8. The Morgan fingerprint density at radius 3 is 2.41 bits per heavy atom. The van der Waals surface area contributed by atoms with Crippen LogP contribution in [0.5, 0.6) is 5.75 Å². The first-order valence-corrected chi connectivity index (χ1v) is 7.49. The van der Waals surface area contributed by atoms with Crippen LogP contribution in [0, 0.1) is 27.7 Å². The Balaban J connectivity index is 2.11. The average molecular weight is 297 g/mol. The molecule has 0 radical (unpaired) electrons. The SMILES string of the molecule is Cc1cc(C)c(C)c(O[C@H](C)C(=O)Nc2ccccc2C)c1. The fourth-order valence-corrected chi connectivity index (χ4v) is 2.31. The molecule has 0 saturated heterocycles. The van der Waals surface area contributed by atoms with E-state index in [2.05, 4.69) is 11.4 Å². The maximum absolute atomic E-state index is 12.3. The van der Waals surface area contributed by atoms with E-state index in [4.69, 9.17) is 4.74 Å². The van der Waals surface area contributed by atoms with Gasteiger partial charge in [0.2, 0.25) is 0 Å². The van der Waals surface area contributed by atoms with Crippen LogP contribution >= 0.6 is 0 Å². The number of carbonyl (C=O) groups excluding carboxylic acids is 1. The second kappa shape index (κ2) is 6.65. The molecule has 0 unspecified atom stereocenters. The number of anilines is 1. The quantitative estimate of drug-likeness (QED) is 0.912. The van der Waals surface area contributed by atoms with Crippen LogP contribution in [0.3, 0.4) is 0 Å². The Bertz CT molecular complexity index is 692. The fourth-order valence-electron chi connectivity index (χ4n) is 2.31. The third-order valence-electron chi connectivity index (χ3n) is 3.84. The van der Waals surface area contributed by atoms with Crippen molar-refractivity contribution in [2.45, 2.75) is 40.7 Å². The Labute approximate surface area is 132 Å². The van der Waals surface area contributed by atoms with E-state index in [9.17, 15) is 4.79 Å². The molecule has 0 saturated carbocycles. The Morgan fingerprint density at radius 1 is 1.05 bits per heavy atom. The van der Waals surface area contributed by atoms with Gasteiger partial charge >= 0.3 is 0 Å². The normalized spacial score (nSPS) is 11.9. The van der Waals surface area contributed by atoms with E-state index in [1.54, 1.807) is 6.92 Å². The molecule has 0 aromatic heterocycles. The molecule has 2 aromatic rings. The third kappa shape index (κ3) is 3.67. The predicted octanol–water partition coefficient (Wildman–Crippen LogP) is 4.33. The van der Waals surface area contributed by atoms with Crippen LogP contribution in [-0.2, 0) is 4.79 Å². The van der Waals surface area contributed by atoms with Gasteiger partial charge in [-0.2, -0.15) is 0 Å². The number of benzene rings is 2. The minimum absolute atomic E-state index is 0.146. The predicted molar refractivity (Wildman–Crippen MR) is 90.6 cm³/mol. The number of hydrogen-bond donors (Lipinski definition) is 1. The van der Waals surface area contributed by atoms with Gasteiger partial charge in [0, 0.05) is 5.69 Å². The first kappa shape index (κ1) is 16.1. The zero-order chi connectivity index (χ0) is 16.3. The minimum Gasteiger partial charge on any atom is -0.481 e. The van der Waals surface area contributed by atoms with Gasteiger partial charge in [-0.15, -0.1) is 0 Å². The molecule has 2 rings (SSSR count). The van der Waals surface area contributed by atoms with Crippen LogP contribution in [0.1, 0.15) is 29.2 Å². The highest BCUT2D eigenvalue weighted by Gasteiger charge is 2.17. The Hall–Kier alpha value is -2.29. The molecule has 22 heavy (non-hydrogen) atoms. The highest BCUT2D eigenvalue weighted by atomic mass is 16.5. The van der Waals surface area contributed by atoms with E-state index in [1.807, 2.05) is 58.0 Å². The summed E-state index contributed by atoms with van der Waals surface area (Å²) in [5.41, 5.74) is 5.22. The zero-order valence-electron chi connectivity index (χ0n) is 13.9. The molecular formula is C19H23NO2. The standard InChI is InChI=1S/C19H23NO2/c1-12-10-14(3)15(4)18(11-12)22-16(5)19(21)20-17-9-7-6-8-13(17)2/h6-11,16H,1-5H3,(H,20,21)/t16-/m1/s1. The molecule has 0 aliphatic heterocycles. The first-order valence-electron chi connectivity index (χ1n) is 7.49. The maximum atomic E-state index is 12.3. The van der Waals surface area contributed by atoms with Crippen LogP contribution in [0.4, 0.5) is 5.69 Å². The molecule has 0 aliphatic rings. The summed E-state index contributed by atoms with van der Waals surface area (Å²) in [4.78, 5) is 12.3. The lowest BCUT2D eigenvalue weighted by Crippen LogP contribution is -2.30. The van der Waals surface area contributed by atoms with Crippen molar-refractivity contribution in [1.29, 1.82) is 0 Å². The molecule has 116 valence electrons. The monoisotopic (exact) mass is 297 g/mol. The molecule has 2 aromatic carbocycles. The van der Waals surface area contributed by atoms with Gasteiger partial charge in [0.1, 0.15) is 5.75 Å². The number of hydrogen-bond acceptors (Lipinski definition) is 2. The fraction of sp³-hybridized carbons (Fsp3) is 0.316. The summed E-state index contributed by atoms with van der Waals surface area (Å²) in [5, 5.41) is 2.91. The lowest BCUT2D eigenvalue weighted by Gasteiger charge is -2.18. The maximum Gasteiger partial charge on any atom is 0.265 e. The van der Waals surface area contributed by atoms with Crippen molar-refractivity contribution in [3.05, 3.63) is 58.7 Å². The van der Waals surface area contributed by atoms with E-state index >= 15 is 0 Å². The van der Waals surface area contributed by atoms with Crippen molar-refractivity contribution in [2.75, 3.05) is 5.32 Å². The number of nitrogens with one attached hydrogen (secondary N) is 1. The van der Waals surface area contributed by atoms with Crippen LogP contribution in [0.25, 0.3) is 0 Å². The van der Waals surface area contributed by atoms with Crippen molar-refractivity contribution < 1.29 is 9.53 Å². The largest absolute Gasteiger partial charge is 0.481 e. The first-order chi connectivity index (χ1) is 10.4. The van der Waals surface area contributed by atoms with Gasteiger partial charge in [0.25, 0.3) is 5.91 Å². The van der Waals surface area contributed by atoms with Gasteiger partial charge < -0.3 is 10.1 Å². The second-order valence-electron chi connectivity index (χ2n) is 5.77. The van der Waals surface area contributed by atoms with Crippen LogP contribution in [0.2, 0.25) is 0 Å². The number of rotatable bonds is 4. The number of ether oxygens (including phenoxy) is 1. The zero-order valence-corrected chi connectivity index (χ0v) is 13.9. The molecule has 0 bridgehead atoms. The summed E-state index contributed by atoms with van der Waals surface area (Å²) in [7, 11) is 0. The van der Waals surface area contributed by atoms with Gasteiger partial charge in [-0.1, -0.05) is 24.3 Å². The Kier molecular flexibility index (Phi) is 4.86. The van der Waals surface area contributed by atoms with E-state index in [0.29, 0.717) is 0 Å². The molecule has 0 aliphatic carbocycles. The third-order valence-corrected chi connectivity index (χ3v) is 3.84. The van der Waals surface area contributed by atoms with Gasteiger partial charge in [-0.3, -0.25) is 4.79 Å². The molecule has 0 spiro atoms. The van der Waals surface area contributed by atoms with Crippen molar-refractivity contribution in [3.8, 4) is 5.75 Å². The van der Waals surface area contributed by atoms with E-state index in [-0.39, 0.29) is 5.91 Å². The molecule has 1 amide bonds. The number of aryl methyl sites for hydroxylation is 3. The summed E-state index contributed by atoms with van der Waals surface area (Å²) in [5.74, 6) is 0.623. The topological polar surface area (TPSA) is 38.3 Å². The van der Waals surface area contributed by atoms with Gasteiger partial charge in [0.15, 0.2) is 6.10 Å². The number of amides is 1. The average Bonchev–Trinajstić information content (AvgIpc) is 2.46. The molecule has 3 heteroatoms. The minimum atomic E-state index is -0.556. The second-order valence-corrected chi connectivity index (χ2v) is 5.77. The Morgan fingerprint density at radius 2 is 1.73 bits per heavy atom. The molecule has 1 atom stereocenters. The van der Waals surface area contributed by atoms with Crippen molar-refractivity contribution in [2.24, 2.45) is 0 Å². The molecular weight excluding hydrogens is 274 g/mol. The van der Waals surface area contributed by atoms with Crippen LogP contribution < -0.4 is 10.1 Å². The molecule has 0 fully saturated rings. The highest BCUT2D eigenvalue weighted by Crippen LogP contribution is 2.24. The lowest BCUT2D eigenvalue weighted by molar-refractivity contribution is -0.122.